The number of guanidine groups is 1. The molecule has 0 spiro atoms. The Labute approximate surface area is 175 Å². The highest BCUT2D eigenvalue weighted by atomic mass is 127. The molecule has 144 valence electrons. The zero-order valence-electron chi connectivity index (χ0n) is 15.6. The zero-order chi connectivity index (χ0) is 17.6. The maximum atomic E-state index is 4.78. The van der Waals surface area contributed by atoms with Crippen LogP contribution in [0.15, 0.2) is 17.3 Å². The number of anilines is 1. The van der Waals surface area contributed by atoms with Crippen LogP contribution in [0.5, 0.6) is 0 Å². The van der Waals surface area contributed by atoms with Crippen LogP contribution in [0.25, 0.3) is 0 Å². The first-order valence-corrected chi connectivity index (χ1v) is 9.56. The number of rotatable bonds is 5. The minimum Gasteiger partial charge on any atom is -0.357 e. The van der Waals surface area contributed by atoms with Crippen molar-refractivity contribution in [3.05, 3.63) is 23.8 Å². The molecule has 0 bridgehead atoms. The van der Waals surface area contributed by atoms with Gasteiger partial charge in [0.2, 0.25) is 5.13 Å². The molecule has 3 rings (SSSR count). The number of piperazine rings is 1. The van der Waals surface area contributed by atoms with Crippen molar-refractivity contribution in [2.75, 3.05) is 37.6 Å². The summed E-state index contributed by atoms with van der Waals surface area (Å²) in [5.74, 6) is 1.91. The highest BCUT2D eigenvalue weighted by molar-refractivity contribution is 14.0. The zero-order valence-corrected chi connectivity index (χ0v) is 18.7. The van der Waals surface area contributed by atoms with Crippen LogP contribution in [0.2, 0.25) is 0 Å². The summed E-state index contributed by atoms with van der Waals surface area (Å²) >= 11 is 1.50. The summed E-state index contributed by atoms with van der Waals surface area (Å²) in [4.78, 5) is 14.0. The van der Waals surface area contributed by atoms with Crippen molar-refractivity contribution in [1.82, 2.24) is 29.4 Å². The van der Waals surface area contributed by atoms with Gasteiger partial charge < -0.3 is 15.1 Å². The van der Waals surface area contributed by atoms with Crippen molar-refractivity contribution in [3.8, 4) is 0 Å². The largest absolute Gasteiger partial charge is 0.357 e. The minimum absolute atomic E-state index is 0. The van der Waals surface area contributed by atoms with E-state index in [-0.39, 0.29) is 24.0 Å². The Morgan fingerprint density at radius 2 is 2.04 bits per heavy atom. The van der Waals surface area contributed by atoms with Crippen LogP contribution >= 0.6 is 35.5 Å². The van der Waals surface area contributed by atoms with Crippen LogP contribution < -0.4 is 10.2 Å². The van der Waals surface area contributed by atoms with Gasteiger partial charge in [0.25, 0.3) is 0 Å². The number of nitrogens with zero attached hydrogens (tertiary/aromatic N) is 7. The number of halogens is 1. The first-order valence-electron chi connectivity index (χ1n) is 8.79. The Morgan fingerprint density at radius 1 is 1.27 bits per heavy atom. The Balaban J connectivity index is 0.00000243. The van der Waals surface area contributed by atoms with Crippen LogP contribution in [-0.4, -0.2) is 62.7 Å². The topological polar surface area (TPSA) is 74.5 Å². The average Bonchev–Trinajstić information content (AvgIpc) is 3.28. The predicted molar refractivity (Wildman–Crippen MR) is 117 cm³/mol. The van der Waals surface area contributed by atoms with Crippen LogP contribution in [-0.2, 0) is 20.0 Å². The molecule has 1 fully saturated rings. The Bertz CT molecular complexity index is 705. The highest BCUT2D eigenvalue weighted by Gasteiger charge is 2.22. The fourth-order valence-electron chi connectivity index (χ4n) is 2.76. The first-order chi connectivity index (χ1) is 12.2. The van der Waals surface area contributed by atoms with Crippen LogP contribution in [0, 0.1) is 0 Å². The summed E-state index contributed by atoms with van der Waals surface area (Å²) in [5.41, 5.74) is 1.11. The second-order valence-electron chi connectivity index (χ2n) is 5.94. The molecule has 1 saturated heterocycles. The van der Waals surface area contributed by atoms with Gasteiger partial charge in [-0.25, -0.2) is 9.98 Å². The third kappa shape index (κ3) is 5.06. The molecule has 0 aliphatic carbocycles. The van der Waals surface area contributed by atoms with Gasteiger partial charge in [0.05, 0.1) is 12.2 Å². The lowest BCUT2D eigenvalue weighted by atomic mass is 10.3. The van der Waals surface area contributed by atoms with E-state index in [2.05, 4.69) is 43.4 Å². The van der Waals surface area contributed by atoms with E-state index in [1.807, 2.05) is 24.0 Å². The molecule has 0 amide bonds. The third-order valence-electron chi connectivity index (χ3n) is 4.27. The monoisotopic (exact) mass is 490 g/mol. The fraction of sp³-hybridized carbons (Fsp3) is 0.625. The molecular weight excluding hydrogens is 463 g/mol. The van der Waals surface area contributed by atoms with Crippen molar-refractivity contribution in [1.29, 1.82) is 0 Å². The maximum Gasteiger partial charge on any atom is 0.205 e. The number of aromatic nitrogens is 4. The van der Waals surface area contributed by atoms with E-state index >= 15 is 0 Å². The molecule has 8 nitrogen and oxygen atoms in total. The summed E-state index contributed by atoms with van der Waals surface area (Å²) < 4.78 is 6.26. The molecule has 3 heterocycles. The maximum absolute atomic E-state index is 4.78. The SMILES string of the molecule is CCNC(=NCc1ccnn1C)N1CCN(c2nc(CC)ns2)CC1.I. The van der Waals surface area contributed by atoms with E-state index in [0.29, 0.717) is 6.54 Å². The molecule has 0 atom stereocenters. The molecule has 2 aromatic heterocycles. The summed E-state index contributed by atoms with van der Waals surface area (Å²) in [6.07, 6.45) is 2.70. The summed E-state index contributed by atoms with van der Waals surface area (Å²) in [5, 5.41) is 8.64. The lowest BCUT2D eigenvalue weighted by molar-refractivity contribution is 0.372. The second kappa shape index (κ2) is 10.0. The van der Waals surface area contributed by atoms with Gasteiger partial charge in [-0.2, -0.15) is 9.47 Å². The quantitative estimate of drug-likeness (QED) is 0.391. The molecule has 10 heteroatoms. The molecule has 26 heavy (non-hydrogen) atoms. The van der Waals surface area contributed by atoms with Crippen molar-refractivity contribution in [2.24, 2.45) is 12.0 Å². The molecule has 1 N–H and O–H groups in total. The van der Waals surface area contributed by atoms with E-state index in [0.717, 1.165) is 61.8 Å². The van der Waals surface area contributed by atoms with Gasteiger partial charge in [0.1, 0.15) is 5.82 Å². The molecule has 2 aromatic rings. The van der Waals surface area contributed by atoms with Gasteiger partial charge in [-0.3, -0.25) is 4.68 Å². The van der Waals surface area contributed by atoms with Gasteiger partial charge >= 0.3 is 0 Å². The van der Waals surface area contributed by atoms with E-state index < -0.39 is 0 Å². The van der Waals surface area contributed by atoms with E-state index in [1.54, 1.807) is 0 Å². The van der Waals surface area contributed by atoms with Crippen molar-refractivity contribution < 1.29 is 0 Å². The average molecular weight is 490 g/mol. The molecule has 0 aromatic carbocycles. The standard InChI is InChI=1S/C16H26N8S.HI/c1-4-14-20-16(25-21-14)24-10-8-23(9-11-24)15(17-5-2)18-12-13-6-7-19-22(13)3;/h6-7H,4-5,8-12H2,1-3H3,(H,17,18);1H. The third-order valence-corrected chi connectivity index (χ3v) is 5.09. The van der Waals surface area contributed by atoms with Crippen LogP contribution in [0.4, 0.5) is 5.13 Å². The molecule has 1 aliphatic rings. The predicted octanol–water partition coefficient (Wildman–Crippen LogP) is 1.74. The minimum atomic E-state index is 0. The highest BCUT2D eigenvalue weighted by Crippen LogP contribution is 2.19. The summed E-state index contributed by atoms with van der Waals surface area (Å²) in [6, 6.07) is 2.01. The van der Waals surface area contributed by atoms with Crippen LogP contribution in [0.3, 0.4) is 0 Å². The van der Waals surface area contributed by atoms with Gasteiger partial charge in [0.15, 0.2) is 5.96 Å². The van der Waals surface area contributed by atoms with Gasteiger partial charge in [0, 0.05) is 63.9 Å². The normalized spacial score (nSPS) is 15.1. The smallest absolute Gasteiger partial charge is 0.205 e. The molecule has 0 saturated carbocycles. The van der Waals surface area contributed by atoms with E-state index in [9.17, 15) is 0 Å². The number of aryl methyl sites for hydroxylation is 2. The van der Waals surface area contributed by atoms with Crippen molar-refractivity contribution in [3.63, 3.8) is 0 Å². The fourth-order valence-corrected chi connectivity index (χ4v) is 3.57. The number of nitrogens with one attached hydrogen (secondary N) is 1. The number of hydrogen-bond acceptors (Lipinski definition) is 6. The number of aliphatic imine (C=N–C) groups is 1. The molecule has 0 radical (unpaired) electrons. The first kappa shape index (κ1) is 20.9. The second-order valence-corrected chi connectivity index (χ2v) is 6.67. The summed E-state index contributed by atoms with van der Waals surface area (Å²) in [6.45, 7) is 9.42. The molecule has 0 unspecified atom stereocenters. The number of hydrogen-bond donors (Lipinski definition) is 1. The van der Waals surface area contributed by atoms with E-state index in [1.165, 1.54) is 11.5 Å². The van der Waals surface area contributed by atoms with Gasteiger partial charge in [-0.05, 0) is 13.0 Å². The van der Waals surface area contributed by atoms with E-state index in [4.69, 9.17) is 4.99 Å². The van der Waals surface area contributed by atoms with Gasteiger partial charge in [-0.1, -0.05) is 6.92 Å². The lowest BCUT2D eigenvalue weighted by Gasteiger charge is -2.36. The van der Waals surface area contributed by atoms with Crippen molar-refractivity contribution >= 4 is 46.6 Å². The lowest BCUT2D eigenvalue weighted by Crippen LogP contribution is -2.52. The Hall–Kier alpha value is -1.43. The Kier molecular flexibility index (Phi) is 8.07. The summed E-state index contributed by atoms with van der Waals surface area (Å²) in [7, 11) is 1.95. The van der Waals surface area contributed by atoms with Crippen LogP contribution in [0.1, 0.15) is 25.4 Å². The molecule has 1 aliphatic heterocycles. The Morgan fingerprint density at radius 3 is 2.62 bits per heavy atom. The molecular formula is C16H27IN8S. The van der Waals surface area contributed by atoms with Crippen molar-refractivity contribution in [2.45, 2.75) is 26.8 Å². The van der Waals surface area contributed by atoms with Gasteiger partial charge in [-0.15, -0.1) is 24.0 Å².